The first-order valence-electron chi connectivity index (χ1n) is 9.20. The van der Waals surface area contributed by atoms with Crippen molar-refractivity contribution in [1.82, 2.24) is 4.98 Å². The summed E-state index contributed by atoms with van der Waals surface area (Å²) in [6, 6.07) is 14.3. The van der Waals surface area contributed by atoms with Crippen LogP contribution in [0.4, 0.5) is 5.69 Å². The zero-order valence-corrected chi connectivity index (χ0v) is 15.7. The number of hydrogen-bond donors (Lipinski definition) is 1. The number of ketones is 1. The molecule has 0 saturated carbocycles. The smallest absolute Gasteiger partial charge is 0.224 e. The molecule has 0 spiro atoms. The Morgan fingerprint density at radius 1 is 1.11 bits per heavy atom. The van der Waals surface area contributed by atoms with E-state index in [4.69, 9.17) is 9.15 Å². The van der Waals surface area contributed by atoms with E-state index in [1.165, 1.54) is 6.39 Å². The standard InChI is InChI=1S/C22H22N2O4/c1-2-12-27-19-8-6-16(7-9-19)20(25)10-11-22(26)24-18-5-3-4-17(13-18)21-14-23-15-28-21/h3-9,13-15H,2,10-12H2,1H3,(H,24,26). The first-order valence-corrected chi connectivity index (χ1v) is 9.20. The second-order valence-electron chi connectivity index (χ2n) is 6.29. The van der Waals surface area contributed by atoms with Gasteiger partial charge in [-0.15, -0.1) is 0 Å². The maximum absolute atomic E-state index is 12.3. The lowest BCUT2D eigenvalue weighted by atomic mass is 10.1. The Hall–Kier alpha value is -3.41. The molecule has 6 heteroatoms. The molecule has 2 aromatic carbocycles. The molecule has 144 valence electrons. The SMILES string of the molecule is CCCOc1ccc(C(=O)CCC(=O)Nc2cccc(-c3cnco3)c2)cc1. The number of hydrogen-bond acceptors (Lipinski definition) is 5. The Kier molecular flexibility index (Phi) is 6.57. The Morgan fingerprint density at radius 2 is 1.93 bits per heavy atom. The molecule has 1 N–H and O–H groups in total. The molecule has 0 unspecified atom stereocenters. The molecule has 3 rings (SSSR count). The van der Waals surface area contributed by atoms with E-state index in [9.17, 15) is 9.59 Å². The highest BCUT2D eigenvalue weighted by Crippen LogP contribution is 2.22. The van der Waals surface area contributed by atoms with Crippen molar-refractivity contribution in [3.8, 4) is 17.1 Å². The Balaban J connectivity index is 1.51. The maximum atomic E-state index is 12.3. The summed E-state index contributed by atoms with van der Waals surface area (Å²) in [5.74, 6) is 1.07. The summed E-state index contributed by atoms with van der Waals surface area (Å²) in [7, 11) is 0. The van der Waals surface area contributed by atoms with Crippen LogP contribution in [0.15, 0.2) is 65.5 Å². The van der Waals surface area contributed by atoms with Gasteiger partial charge in [0.25, 0.3) is 0 Å². The second-order valence-corrected chi connectivity index (χ2v) is 6.29. The van der Waals surface area contributed by atoms with Gasteiger partial charge < -0.3 is 14.5 Å². The molecule has 0 aliphatic rings. The Labute approximate surface area is 163 Å². The van der Waals surface area contributed by atoms with Gasteiger partial charge >= 0.3 is 0 Å². The van der Waals surface area contributed by atoms with E-state index in [0.717, 1.165) is 17.7 Å². The predicted octanol–water partition coefficient (Wildman–Crippen LogP) is 4.73. The summed E-state index contributed by atoms with van der Waals surface area (Å²) in [6.07, 6.45) is 4.15. The highest BCUT2D eigenvalue weighted by atomic mass is 16.5. The first kappa shape index (κ1) is 19.4. The number of nitrogens with one attached hydrogen (secondary N) is 1. The van der Waals surface area contributed by atoms with Crippen molar-refractivity contribution < 1.29 is 18.7 Å². The largest absolute Gasteiger partial charge is 0.494 e. The summed E-state index contributed by atoms with van der Waals surface area (Å²) >= 11 is 0. The van der Waals surface area contributed by atoms with Crippen LogP contribution in [0.3, 0.4) is 0 Å². The predicted molar refractivity (Wildman–Crippen MR) is 106 cm³/mol. The molecule has 0 saturated heterocycles. The van der Waals surface area contributed by atoms with Crippen molar-refractivity contribution in [2.45, 2.75) is 26.2 Å². The third-order valence-corrected chi connectivity index (χ3v) is 4.09. The number of Topliss-reactive ketones (excluding diaryl/α,β-unsaturated/α-hetero) is 1. The van der Waals surface area contributed by atoms with Crippen LogP contribution in [0.5, 0.6) is 5.75 Å². The van der Waals surface area contributed by atoms with Crippen molar-refractivity contribution in [2.24, 2.45) is 0 Å². The molecule has 0 aliphatic carbocycles. The molecule has 0 atom stereocenters. The fourth-order valence-electron chi connectivity index (χ4n) is 2.66. The van der Waals surface area contributed by atoms with Gasteiger partial charge in [0.2, 0.25) is 5.91 Å². The number of oxazole rings is 1. The molecule has 28 heavy (non-hydrogen) atoms. The van der Waals surface area contributed by atoms with E-state index in [-0.39, 0.29) is 24.5 Å². The molecule has 0 bridgehead atoms. The number of aromatic nitrogens is 1. The third-order valence-electron chi connectivity index (χ3n) is 4.09. The zero-order chi connectivity index (χ0) is 19.8. The lowest BCUT2D eigenvalue weighted by Gasteiger charge is -2.07. The number of rotatable bonds is 9. The first-order chi connectivity index (χ1) is 13.7. The van der Waals surface area contributed by atoms with E-state index in [0.29, 0.717) is 23.6 Å². The maximum Gasteiger partial charge on any atom is 0.224 e. The Morgan fingerprint density at radius 3 is 2.64 bits per heavy atom. The monoisotopic (exact) mass is 378 g/mol. The van der Waals surface area contributed by atoms with E-state index in [2.05, 4.69) is 10.3 Å². The van der Waals surface area contributed by atoms with Gasteiger partial charge in [0, 0.05) is 29.7 Å². The quantitative estimate of drug-likeness (QED) is 0.544. The minimum absolute atomic E-state index is 0.0763. The summed E-state index contributed by atoms with van der Waals surface area (Å²) in [5, 5.41) is 2.81. The van der Waals surface area contributed by atoms with E-state index in [1.54, 1.807) is 42.6 Å². The van der Waals surface area contributed by atoms with Gasteiger partial charge in [-0.05, 0) is 42.8 Å². The van der Waals surface area contributed by atoms with Crippen molar-refractivity contribution in [1.29, 1.82) is 0 Å². The molecule has 3 aromatic rings. The van der Waals surface area contributed by atoms with Crippen LogP contribution in [0.25, 0.3) is 11.3 Å². The third kappa shape index (κ3) is 5.30. The molecule has 1 amide bonds. The topological polar surface area (TPSA) is 81.4 Å². The van der Waals surface area contributed by atoms with Crippen LogP contribution in [-0.4, -0.2) is 23.3 Å². The van der Waals surface area contributed by atoms with Gasteiger partial charge in [-0.25, -0.2) is 4.98 Å². The Bertz CT molecular complexity index is 918. The van der Waals surface area contributed by atoms with Crippen molar-refractivity contribution in [2.75, 3.05) is 11.9 Å². The zero-order valence-electron chi connectivity index (χ0n) is 15.7. The molecular formula is C22H22N2O4. The van der Waals surface area contributed by atoms with Gasteiger partial charge in [0.1, 0.15) is 5.75 Å². The molecule has 1 aromatic heterocycles. The number of nitrogens with zero attached hydrogens (tertiary/aromatic N) is 1. The average molecular weight is 378 g/mol. The number of anilines is 1. The van der Waals surface area contributed by atoms with Crippen LogP contribution in [0.1, 0.15) is 36.5 Å². The number of carbonyl (C=O) groups is 2. The minimum atomic E-state index is -0.217. The second kappa shape index (κ2) is 9.50. The number of carbonyl (C=O) groups excluding carboxylic acids is 2. The van der Waals surface area contributed by atoms with Gasteiger partial charge in [0.05, 0.1) is 12.8 Å². The fraction of sp³-hybridized carbons (Fsp3) is 0.227. The highest BCUT2D eigenvalue weighted by molar-refractivity contribution is 6.00. The van der Waals surface area contributed by atoms with Crippen LogP contribution >= 0.6 is 0 Å². The normalized spacial score (nSPS) is 10.5. The van der Waals surface area contributed by atoms with Crippen LogP contribution in [0, 0.1) is 0 Å². The summed E-state index contributed by atoms with van der Waals surface area (Å²) in [6.45, 7) is 2.68. The minimum Gasteiger partial charge on any atom is -0.494 e. The number of amides is 1. The van der Waals surface area contributed by atoms with Gasteiger partial charge in [-0.1, -0.05) is 19.1 Å². The fourth-order valence-corrected chi connectivity index (χ4v) is 2.66. The van der Waals surface area contributed by atoms with Gasteiger partial charge in [0.15, 0.2) is 17.9 Å². The van der Waals surface area contributed by atoms with Crippen molar-refractivity contribution >= 4 is 17.4 Å². The van der Waals surface area contributed by atoms with Gasteiger partial charge in [-0.2, -0.15) is 0 Å². The summed E-state index contributed by atoms with van der Waals surface area (Å²) < 4.78 is 10.8. The molecule has 1 heterocycles. The summed E-state index contributed by atoms with van der Waals surface area (Å²) in [5.41, 5.74) is 2.03. The van der Waals surface area contributed by atoms with E-state index < -0.39 is 0 Å². The number of ether oxygens (including phenoxy) is 1. The lowest BCUT2D eigenvalue weighted by Crippen LogP contribution is -2.13. The van der Waals surface area contributed by atoms with E-state index in [1.807, 2.05) is 19.1 Å². The highest BCUT2D eigenvalue weighted by Gasteiger charge is 2.11. The van der Waals surface area contributed by atoms with Crippen LogP contribution < -0.4 is 10.1 Å². The molecule has 0 fully saturated rings. The molecule has 0 aliphatic heterocycles. The molecular weight excluding hydrogens is 356 g/mol. The van der Waals surface area contributed by atoms with Gasteiger partial charge in [-0.3, -0.25) is 9.59 Å². The van der Waals surface area contributed by atoms with Crippen LogP contribution in [-0.2, 0) is 4.79 Å². The van der Waals surface area contributed by atoms with E-state index >= 15 is 0 Å². The number of benzene rings is 2. The summed E-state index contributed by atoms with van der Waals surface area (Å²) in [4.78, 5) is 28.4. The van der Waals surface area contributed by atoms with Crippen molar-refractivity contribution in [3.63, 3.8) is 0 Å². The van der Waals surface area contributed by atoms with Crippen LogP contribution in [0.2, 0.25) is 0 Å². The van der Waals surface area contributed by atoms with Crippen molar-refractivity contribution in [3.05, 3.63) is 66.7 Å². The average Bonchev–Trinajstić information content (AvgIpc) is 3.26. The molecule has 6 nitrogen and oxygen atoms in total. The lowest BCUT2D eigenvalue weighted by molar-refractivity contribution is -0.116. The molecule has 0 radical (unpaired) electrons.